The molecule has 0 aromatic carbocycles. The Balaban J connectivity index is 3.05. The minimum absolute atomic E-state index is 0.241. The van der Waals surface area contributed by atoms with E-state index in [0.717, 1.165) is 0 Å². The van der Waals surface area contributed by atoms with Crippen LogP contribution in [-0.2, 0) is 47.5 Å². The van der Waals surface area contributed by atoms with E-state index < -0.39 is 5.97 Å². The van der Waals surface area contributed by atoms with Gasteiger partial charge in [-0.25, -0.2) is 4.79 Å². The van der Waals surface area contributed by atoms with E-state index in [4.69, 9.17) is 43.0 Å². The normalized spacial score (nSPS) is 11.0. The number of carbonyl (C=O) groups excluding carboxylic acids is 1. The first-order valence-corrected chi connectivity index (χ1v) is 10.1. The lowest BCUT2D eigenvalue weighted by molar-refractivity contribution is -0.144. The minimum Gasteiger partial charge on any atom is -0.480 e. The molecule has 0 aromatic rings. The highest BCUT2D eigenvalue weighted by molar-refractivity contribution is 5.69. The van der Waals surface area contributed by atoms with Crippen LogP contribution in [0, 0.1) is 0 Å². The van der Waals surface area contributed by atoms with Gasteiger partial charge < -0.3 is 43.0 Å². The fourth-order valence-electron chi connectivity index (χ4n) is 1.87. The van der Waals surface area contributed by atoms with Crippen LogP contribution in [0.25, 0.3) is 0 Å². The Labute approximate surface area is 177 Å². The van der Waals surface area contributed by atoms with E-state index in [-0.39, 0.29) is 25.6 Å². The SMILES string of the molecule is CCOC(=O)CCOCCOCCOCCOCCOCCOCCOCC(=O)O. The zero-order valence-corrected chi connectivity index (χ0v) is 17.8. The van der Waals surface area contributed by atoms with Gasteiger partial charge in [0.2, 0.25) is 0 Å². The molecule has 0 fully saturated rings. The summed E-state index contributed by atoms with van der Waals surface area (Å²) in [5.74, 6) is -1.25. The summed E-state index contributed by atoms with van der Waals surface area (Å²) in [6.07, 6.45) is 0.251. The first-order chi connectivity index (χ1) is 14.7. The number of carboxylic acids is 1. The number of ether oxygens (including phenoxy) is 8. The lowest BCUT2D eigenvalue weighted by Crippen LogP contribution is -2.15. The summed E-state index contributed by atoms with van der Waals surface area (Å²) in [5, 5.41) is 8.37. The van der Waals surface area contributed by atoms with E-state index in [1.165, 1.54) is 0 Å². The van der Waals surface area contributed by atoms with Crippen molar-refractivity contribution >= 4 is 11.9 Å². The Morgan fingerprint density at radius 2 is 0.900 bits per heavy atom. The molecular weight excluding hydrogens is 404 g/mol. The summed E-state index contributed by atoms with van der Waals surface area (Å²) in [5.41, 5.74) is 0. The van der Waals surface area contributed by atoms with Crippen LogP contribution < -0.4 is 0 Å². The van der Waals surface area contributed by atoms with Gasteiger partial charge in [-0.1, -0.05) is 0 Å². The van der Waals surface area contributed by atoms with Crippen molar-refractivity contribution in [1.29, 1.82) is 0 Å². The van der Waals surface area contributed by atoms with E-state index in [2.05, 4.69) is 0 Å². The molecule has 0 saturated heterocycles. The first-order valence-electron chi connectivity index (χ1n) is 10.1. The lowest BCUT2D eigenvalue weighted by atomic mass is 10.5. The second-order valence-corrected chi connectivity index (χ2v) is 5.68. The van der Waals surface area contributed by atoms with E-state index in [9.17, 15) is 9.59 Å². The molecule has 0 spiro atoms. The number of carbonyl (C=O) groups is 2. The van der Waals surface area contributed by atoms with Gasteiger partial charge in [-0.3, -0.25) is 4.79 Å². The van der Waals surface area contributed by atoms with Gasteiger partial charge in [0, 0.05) is 0 Å². The maximum Gasteiger partial charge on any atom is 0.329 e. The lowest BCUT2D eigenvalue weighted by Gasteiger charge is -2.08. The van der Waals surface area contributed by atoms with Crippen molar-refractivity contribution in [1.82, 2.24) is 0 Å². The van der Waals surface area contributed by atoms with Crippen LogP contribution in [0.5, 0.6) is 0 Å². The van der Waals surface area contributed by atoms with Crippen molar-refractivity contribution in [2.45, 2.75) is 13.3 Å². The van der Waals surface area contributed by atoms with Crippen LogP contribution in [0.2, 0.25) is 0 Å². The summed E-state index contributed by atoms with van der Waals surface area (Å²) in [6.45, 7) is 7.24. The van der Waals surface area contributed by atoms with Gasteiger partial charge >= 0.3 is 11.9 Å². The van der Waals surface area contributed by atoms with Crippen LogP contribution in [0.3, 0.4) is 0 Å². The van der Waals surface area contributed by atoms with Crippen molar-refractivity contribution in [2.24, 2.45) is 0 Å². The van der Waals surface area contributed by atoms with Gasteiger partial charge in [0.05, 0.1) is 98.9 Å². The third-order valence-electron chi connectivity index (χ3n) is 3.21. The Kier molecular flexibility index (Phi) is 22.9. The molecule has 178 valence electrons. The van der Waals surface area contributed by atoms with Crippen LogP contribution in [0.4, 0.5) is 0 Å². The fourth-order valence-corrected chi connectivity index (χ4v) is 1.87. The van der Waals surface area contributed by atoms with E-state index in [0.29, 0.717) is 85.9 Å². The molecule has 30 heavy (non-hydrogen) atoms. The van der Waals surface area contributed by atoms with Gasteiger partial charge in [0.1, 0.15) is 6.61 Å². The van der Waals surface area contributed by atoms with Gasteiger partial charge in [0.25, 0.3) is 0 Å². The number of rotatable bonds is 24. The highest BCUT2D eigenvalue weighted by atomic mass is 16.6. The molecule has 11 heteroatoms. The molecular formula is C19H36O11. The Morgan fingerprint density at radius 1 is 0.567 bits per heavy atom. The quantitative estimate of drug-likeness (QED) is 0.163. The van der Waals surface area contributed by atoms with Crippen LogP contribution in [-0.4, -0.2) is 116 Å². The Bertz CT molecular complexity index is 393. The third kappa shape index (κ3) is 24.7. The molecule has 0 rings (SSSR count). The van der Waals surface area contributed by atoms with Crippen molar-refractivity contribution < 1.29 is 52.6 Å². The van der Waals surface area contributed by atoms with Gasteiger partial charge in [0.15, 0.2) is 0 Å². The van der Waals surface area contributed by atoms with E-state index >= 15 is 0 Å². The standard InChI is InChI=1S/C19H36O11/c1-2-30-19(22)3-4-23-5-6-24-7-8-25-9-10-26-11-12-27-13-14-28-15-16-29-17-18(20)21/h2-17H2,1H3,(H,20,21). The topological polar surface area (TPSA) is 128 Å². The van der Waals surface area contributed by atoms with E-state index in [1.54, 1.807) is 6.92 Å². The van der Waals surface area contributed by atoms with Crippen LogP contribution in [0.15, 0.2) is 0 Å². The van der Waals surface area contributed by atoms with Crippen molar-refractivity contribution in [3.8, 4) is 0 Å². The number of hydrogen-bond acceptors (Lipinski definition) is 10. The summed E-state index contributed by atoms with van der Waals surface area (Å²) in [4.78, 5) is 21.3. The zero-order valence-electron chi connectivity index (χ0n) is 17.8. The molecule has 0 atom stereocenters. The molecule has 0 amide bonds. The average Bonchev–Trinajstić information content (AvgIpc) is 2.71. The second kappa shape index (κ2) is 23.9. The molecule has 0 heterocycles. The molecule has 0 aromatic heterocycles. The summed E-state index contributed by atoms with van der Waals surface area (Å²) in [6, 6.07) is 0. The molecule has 0 saturated carbocycles. The maximum atomic E-state index is 11.1. The fraction of sp³-hybridized carbons (Fsp3) is 0.895. The summed E-state index contributed by atoms with van der Waals surface area (Å²) in [7, 11) is 0. The predicted molar refractivity (Wildman–Crippen MR) is 105 cm³/mol. The highest BCUT2D eigenvalue weighted by Crippen LogP contribution is 1.89. The predicted octanol–water partition coefficient (Wildman–Crippen LogP) is 0.140. The summed E-state index contributed by atoms with van der Waals surface area (Å²) < 4.78 is 41.5. The largest absolute Gasteiger partial charge is 0.480 e. The molecule has 0 aliphatic carbocycles. The number of carboxylic acid groups (broad SMARTS) is 1. The van der Waals surface area contributed by atoms with Gasteiger partial charge in [-0.05, 0) is 6.92 Å². The highest BCUT2D eigenvalue weighted by Gasteiger charge is 2.00. The molecule has 0 aliphatic heterocycles. The average molecular weight is 440 g/mol. The Morgan fingerprint density at radius 3 is 1.23 bits per heavy atom. The molecule has 0 unspecified atom stereocenters. The third-order valence-corrected chi connectivity index (χ3v) is 3.21. The number of aliphatic carboxylic acids is 1. The molecule has 11 nitrogen and oxygen atoms in total. The van der Waals surface area contributed by atoms with Crippen molar-refractivity contribution in [3.05, 3.63) is 0 Å². The van der Waals surface area contributed by atoms with Gasteiger partial charge in [-0.15, -0.1) is 0 Å². The number of esters is 1. The summed E-state index contributed by atoms with van der Waals surface area (Å²) >= 11 is 0. The second-order valence-electron chi connectivity index (χ2n) is 5.68. The zero-order chi connectivity index (χ0) is 22.1. The molecule has 1 N–H and O–H groups in total. The van der Waals surface area contributed by atoms with Crippen LogP contribution >= 0.6 is 0 Å². The van der Waals surface area contributed by atoms with Gasteiger partial charge in [-0.2, -0.15) is 0 Å². The smallest absolute Gasteiger partial charge is 0.329 e. The molecule has 0 radical (unpaired) electrons. The number of hydrogen-bond donors (Lipinski definition) is 1. The van der Waals surface area contributed by atoms with E-state index in [1.807, 2.05) is 0 Å². The maximum absolute atomic E-state index is 11.1. The van der Waals surface area contributed by atoms with Crippen LogP contribution in [0.1, 0.15) is 13.3 Å². The Hall–Kier alpha value is -1.34. The van der Waals surface area contributed by atoms with Crippen molar-refractivity contribution in [3.63, 3.8) is 0 Å². The van der Waals surface area contributed by atoms with Crippen molar-refractivity contribution in [2.75, 3.05) is 99.1 Å². The molecule has 0 aliphatic rings. The minimum atomic E-state index is -0.997. The molecule has 0 bridgehead atoms. The first kappa shape index (κ1) is 28.7. The monoisotopic (exact) mass is 440 g/mol.